The number of amides is 1. The van der Waals surface area contributed by atoms with Crippen molar-refractivity contribution >= 4 is 23.2 Å². The van der Waals surface area contributed by atoms with Crippen LogP contribution in [0.5, 0.6) is 0 Å². The molecule has 0 aliphatic carbocycles. The molecule has 0 saturated heterocycles. The molecule has 0 saturated carbocycles. The summed E-state index contributed by atoms with van der Waals surface area (Å²) in [5.41, 5.74) is 3.20. The Morgan fingerprint density at radius 2 is 1.93 bits per heavy atom. The number of nitrogens with one attached hydrogen (secondary N) is 3. The molecule has 0 bridgehead atoms. The van der Waals surface area contributed by atoms with Crippen LogP contribution >= 0.6 is 11.6 Å². The highest BCUT2D eigenvalue weighted by Gasteiger charge is 2.37. The highest BCUT2D eigenvalue weighted by molar-refractivity contribution is 6.33. The van der Waals surface area contributed by atoms with Crippen molar-refractivity contribution in [1.29, 1.82) is 0 Å². The second-order valence-corrected chi connectivity index (χ2v) is 7.62. The summed E-state index contributed by atoms with van der Waals surface area (Å²) in [5.74, 6) is -2.00. The zero-order valence-electron chi connectivity index (χ0n) is 16.3. The van der Waals surface area contributed by atoms with E-state index in [-0.39, 0.29) is 6.54 Å². The number of fused-ring (bicyclic) bond motifs is 1. The number of hydrogen-bond donors (Lipinski definition) is 3. The molecule has 30 heavy (non-hydrogen) atoms. The molecular weight excluding hydrogens is 422 g/mol. The molecule has 1 aliphatic heterocycles. The van der Waals surface area contributed by atoms with E-state index in [0.717, 1.165) is 50.2 Å². The number of anilines is 1. The van der Waals surface area contributed by atoms with Crippen LogP contribution in [0.1, 0.15) is 34.0 Å². The summed E-state index contributed by atoms with van der Waals surface area (Å²) in [6, 6.07) is 5.57. The molecule has 1 unspecified atom stereocenters. The van der Waals surface area contributed by atoms with Crippen molar-refractivity contribution in [3.05, 3.63) is 63.4 Å². The number of carbonyl (C=O) groups is 1. The summed E-state index contributed by atoms with van der Waals surface area (Å²) in [4.78, 5) is 12.0. The van der Waals surface area contributed by atoms with Gasteiger partial charge in [-0.05, 0) is 67.7 Å². The van der Waals surface area contributed by atoms with Crippen LogP contribution in [-0.2, 0) is 19.4 Å². The third-order valence-electron chi connectivity index (χ3n) is 5.07. The topological polar surface area (TPSA) is 53.2 Å². The van der Waals surface area contributed by atoms with Gasteiger partial charge in [-0.1, -0.05) is 23.7 Å². The minimum absolute atomic E-state index is 0.251. The number of rotatable bonds is 5. The molecule has 9 heteroatoms. The van der Waals surface area contributed by atoms with E-state index in [1.54, 1.807) is 5.32 Å². The van der Waals surface area contributed by atoms with E-state index in [4.69, 9.17) is 11.6 Å². The van der Waals surface area contributed by atoms with E-state index in [0.29, 0.717) is 10.6 Å². The molecule has 1 heterocycles. The van der Waals surface area contributed by atoms with Crippen LogP contribution in [0.2, 0.25) is 5.02 Å². The molecule has 3 N–H and O–H groups in total. The average Bonchev–Trinajstić information content (AvgIpc) is 2.92. The van der Waals surface area contributed by atoms with Crippen molar-refractivity contribution in [3.63, 3.8) is 0 Å². The van der Waals surface area contributed by atoms with Gasteiger partial charge in [0.2, 0.25) is 0 Å². The van der Waals surface area contributed by atoms with E-state index in [1.807, 2.05) is 12.1 Å². The fraction of sp³-hybridized carbons (Fsp3) is 0.381. The van der Waals surface area contributed by atoms with Gasteiger partial charge in [0.1, 0.15) is 11.9 Å². The molecule has 0 radical (unpaired) electrons. The Bertz CT molecular complexity index is 933. The third-order valence-corrected chi connectivity index (χ3v) is 5.38. The number of hydrogen-bond acceptors (Lipinski definition) is 3. The molecule has 1 amide bonds. The molecule has 0 spiro atoms. The Morgan fingerprint density at radius 1 is 1.20 bits per heavy atom. The summed E-state index contributed by atoms with van der Waals surface area (Å²) in [6.45, 7) is 2.77. The Kier molecular flexibility index (Phi) is 6.88. The SMILES string of the molecule is CC(NC(=O)c1ccc(CNc2c(Cl)ccc3c2CCNCC3)cc1F)C(F)(F)F. The first-order valence-corrected chi connectivity index (χ1v) is 9.95. The fourth-order valence-corrected chi connectivity index (χ4v) is 3.58. The normalized spacial score (nSPS) is 15.1. The quantitative estimate of drug-likeness (QED) is 0.598. The minimum atomic E-state index is -4.60. The molecule has 0 fully saturated rings. The highest BCUT2D eigenvalue weighted by Crippen LogP contribution is 2.31. The van der Waals surface area contributed by atoms with Crippen molar-refractivity contribution in [2.75, 3.05) is 18.4 Å². The predicted molar refractivity (Wildman–Crippen MR) is 108 cm³/mol. The zero-order chi connectivity index (χ0) is 21.9. The fourth-order valence-electron chi connectivity index (χ4n) is 3.33. The van der Waals surface area contributed by atoms with E-state index < -0.39 is 29.5 Å². The van der Waals surface area contributed by atoms with Gasteiger partial charge in [-0.2, -0.15) is 13.2 Å². The molecule has 162 valence electrons. The smallest absolute Gasteiger partial charge is 0.380 e. The standard InChI is InChI=1S/C21H22ClF4N3O/c1-12(21(24,25)26)29-20(30)16-4-2-13(10-18(16)23)11-28-19-15-7-9-27-8-6-14(15)3-5-17(19)22/h2-5,10,12,27-28H,6-9,11H2,1H3,(H,29,30). The Morgan fingerprint density at radius 3 is 2.63 bits per heavy atom. The van der Waals surface area contributed by atoms with Gasteiger partial charge in [0, 0.05) is 6.54 Å². The second kappa shape index (κ2) is 9.22. The van der Waals surface area contributed by atoms with E-state index >= 15 is 0 Å². The minimum Gasteiger partial charge on any atom is -0.380 e. The van der Waals surface area contributed by atoms with Gasteiger partial charge in [-0.3, -0.25) is 4.79 Å². The lowest BCUT2D eigenvalue weighted by Crippen LogP contribution is -2.43. The lowest BCUT2D eigenvalue weighted by molar-refractivity contribution is -0.149. The summed E-state index contributed by atoms with van der Waals surface area (Å²) in [7, 11) is 0. The maximum atomic E-state index is 14.4. The average molecular weight is 444 g/mol. The molecule has 3 rings (SSSR count). The van der Waals surface area contributed by atoms with E-state index in [2.05, 4.69) is 10.6 Å². The van der Waals surface area contributed by atoms with Crippen molar-refractivity contribution in [2.45, 2.75) is 38.5 Å². The molecule has 4 nitrogen and oxygen atoms in total. The van der Waals surface area contributed by atoms with Crippen LogP contribution in [-0.4, -0.2) is 31.2 Å². The first kappa shape index (κ1) is 22.4. The van der Waals surface area contributed by atoms with Crippen molar-refractivity contribution in [3.8, 4) is 0 Å². The molecule has 2 aromatic carbocycles. The monoisotopic (exact) mass is 443 g/mol. The summed E-state index contributed by atoms with van der Waals surface area (Å²) < 4.78 is 52.2. The summed E-state index contributed by atoms with van der Waals surface area (Å²) >= 11 is 6.36. The Hall–Kier alpha value is -2.32. The first-order valence-electron chi connectivity index (χ1n) is 9.57. The van der Waals surface area contributed by atoms with Gasteiger partial charge >= 0.3 is 6.18 Å². The van der Waals surface area contributed by atoms with Crippen molar-refractivity contribution in [1.82, 2.24) is 10.6 Å². The molecule has 1 atom stereocenters. The molecule has 1 aliphatic rings. The van der Waals surface area contributed by atoms with Crippen LogP contribution in [0.25, 0.3) is 0 Å². The maximum absolute atomic E-state index is 14.4. The Labute approximate surface area is 177 Å². The van der Waals surface area contributed by atoms with E-state index in [1.165, 1.54) is 17.7 Å². The number of halogens is 5. The van der Waals surface area contributed by atoms with Gasteiger partial charge in [-0.25, -0.2) is 4.39 Å². The third kappa shape index (κ3) is 5.23. The van der Waals surface area contributed by atoms with Crippen LogP contribution in [0.15, 0.2) is 30.3 Å². The summed E-state index contributed by atoms with van der Waals surface area (Å²) in [6.07, 6.45) is -2.91. The molecule has 2 aromatic rings. The van der Waals surface area contributed by atoms with Crippen LogP contribution in [0, 0.1) is 5.82 Å². The lowest BCUT2D eigenvalue weighted by Gasteiger charge is -2.18. The lowest BCUT2D eigenvalue weighted by atomic mass is 10.0. The molecule has 0 aromatic heterocycles. The van der Waals surface area contributed by atoms with Crippen LogP contribution in [0.4, 0.5) is 23.2 Å². The predicted octanol–water partition coefficient (Wildman–Crippen LogP) is 4.46. The van der Waals surface area contributed by atoms with Crippen molar-refractivity contribution < 1.29 is 22.4 Å². The summed E-state index contributed by atoms with van der Waals surface area (Å²) in [5, 5.41) is 8.89. The van der Waals surface area contributed by atoms with Crippen molar-refractivity contribution in [2.24, 2.45) is 0 Å². The van der Waals surface area contributed by atoms with Gasteiger partial charge in [0.05, 0.1) is 16.3 Å². The number of carbonyl (C=O) groups excluding carboxylic acids is 1. The van der Waals surface area contributed by atoms with Crippen LogP contribution in [0.3, 0.4) is 0 Å². The number of alkyl halides is 3. The van der Waals surface area contributed by atoms with Gasteiger partial charge in [-0.15, -0.1) is 0 Å². The first-order chi connectivity index (χ1) is 14.2. The van der Waals surface area contributed by atoms with Gasteiger partial charge < -0.3 is 16.0 Å². The van der Waals surface area contributed by atoms with Crippen LogP contribution < -0.4 is 16.0 Å². The maximum Gasteiger partial charge on any atom is 0.408 e. The Balaban J connectivity index is 1.72. The number of benzene rings is 2. The largest absolute Gasteiger partial charge is 0.408 e. The van der Waals surface area contributed by atoms with Gasteiger partial charge in [0.15, 0.2) is 0 Å². The van der Waals surface area contributed by atoms with Gasteiger partial charge in [0.25, 0.3) is 5.91 Å². The van der Waals surface area contributed by atoms with E-state index in [9.17, 15) is 22.4 Å². The second-order valence-electron chi connectivity index (χ2n) is 7.21. The zero-order valence-corrected chi connectivity index (χ0v) is 17.1. The highest BCUT2D eigenvalue weighted by atomic mass is 35.5. The molecular formula is C21H22ClF4N3O.